The molecular weight excluding hydrogens is 344 g/mol. The van der Waals surface area contributed by atoms with E-state index in [0.29, 0.717) is 23.1 Å². The van der Waals surface area contributed by atoms with E-state index < -0.39 is 11.6 Å². The van der Waals surface area contributed by atoms with Gasteiger partial charge in [-0.25, -0.2) is 8.78 Å². The Bertz CT molecular complexity index is 685. The number of carbonyl (C=O) groups is 1. The number of nitrogens with one attached hydrogen (secondary N) is 1. The predicted octanol–water partition coefficient (Wildman–Crippen LogP) is 4.37. The van der Waals surface area contributed by atoms with Gasteiger partial charge in [0.05, 0.1) is 18.0 Å². The lowest BCUT2D eigenvalue weighted by Crippen LogP contribution is -2.16. The molecule has 1 amide bonds. The largest absolute Gasteiger partial charge is 0.493 e. The molecule has 0 saturated carbocycles. The molecule has 0 bridgehead atoms. The summed E-state index contributed by atoms with van der Waals surface area (Å²) >= 11 is 7.18. The minimum Gasteiger partial charge on any atom is -0.493 e. The summed E-state index contributed by atoms with van der Waals surface area (Å²) in [5.74, 6) is -0.443. The van der Waals surface area contributed by atoms with Crippen LogP contribution in [0.15, 0.2) is 42.5 Å². The Hall–Kier alpha value is -1.79. The fourth-order valence-corrected chi connectivity index (χ4v) is 2.50. The van der Waals surface area contributed by atoms with Crippen molar-refractivity contribution in [3.63, 3.8) is 0 Å². The summed E-state index contributed by atoms with van der Waals surface area (Å²) in [5.41, 5.74) is -0.0350. The summed E-state index contributed by atoms with van der Waals surface area (Å²) in [6.45, 7) is 0.420. The Morgan fingerprint density at radius 2 is 2.04 bits per heavy atom. The molecule has 0 aliphatic carbocycles. The standard InChI is InChI=1S/C16H14ClF2NO2S/c17-11-2-1-3-13(8-11)22-6-7-23-10-16(21)20-15-5-4-12(18)9-14(15)19/h1-5,8-9H,6-7,10H2,(H,20,21). The topological polar surface area (TPSA) is 38.3 Å². The van der Waals surface area contributed by atoms with E-state index in [-0.39, 0.29) is 17.3 Å². The van der Waals surface area contributed by atoms with Crippen LogP contribution in [0, 0.1) is 11.6 Å². The van der Waals surface area contributed by atoms with E-state index in [2.05, 4.69) is 5.32 Å². The summed E-state index contributed by atoms with van der Waals surface area (Å²) in [4.78, 5) is 11.7. The second kappa shape index (κ2) is 8.74. The number of anilines is 1. The van der Waals surface area contributed by atoms with Crippen molar-refractivity contribution in [1.82, 2.24) is 0 Å². The van der Waals surface area contributed by atoms with Gasteiger partial charge in [0.1, 0.15) is 17.4 Å². The summed E-state index contributed by atoms with van der Waals surface area (Å²) in [6.07, 6.45) is 0. The summed E-state index contributed by atoms with van der Waals surface area (Å²) in [5, 5.41) is 2.99. The zero-order valence-corrected chi connectivity index (χ0v) is 13.6. The van der Waals surface area contributed by atoms with E-state index in [9.17, 15) is 13.6 Å². The molecular formula is C16H14ClF2NO2S. The van der Waals surface area contributed by atoms with Gasteiger partial charge in [-0.1, -0.05) is 17.7 Å². The van der Waals surface area contributed by atoms with Gasteiger partial charge in [-0.2, -0.15) is 0 Å². The highest BCUT2D eigenvalue weighted by Gasteiger charge is 2.08. The van der Waals surface area contributed by atoms with Crippen LogP contribution in [0.25, 0.3) is 0 Å². The van der Waals surface area contributed by atoms with Crippen molar-refractivity contribution in [3.05, 3.63) is 59.1 Å². The highest BCUT2D eigenvalue weighted by atomic mass is 35.5. The molecule has 2 rings (SSSR count). The van der Waals surface area contributed by atoms with E-state index in [1.165, 1.54) is 17.8 Å². The second-order valence-corrected chi connectivity index (χ2v) is 6.07. The van der Waals surface area contributed by atoms with Gasteiger partial charge in [-0.05, 0) is 30.3 Å². The highest BCUT2D eigenvalue weighted by Crippen LogP contribution is 2.18. The Balaban J connectivity index is 1.67. The molecule has 2 aromatic rings. The zero-order chi connectivity index (χ0) is 16.7. The van der Waals surface area contributed by atoms with Gasteiger partial charge >= 0.3 is 0 Å². The number of rotatable bonds is 7. The maximum absolute atomic E-state index is 13.4. The first-order valence-electron chi connectivity index (χ1n) is 6.75. The lowest BCUT2D eigenvalue weighted by atomic mass is 10.3. The maximum Gasteiger partial charge on any atom is 0.234 e. The van der Waals surface area contributed by atoms with Gasteiger partial charge in [0.15, 0.2) is 0 Å². The van der Waals surface area contributed by atoms with E-state index in [4.69, 9.17) is 16.3 Å². The van der Waals surface area contributed by atoms with E-state index in [0.717, 1.165) is 12.1 Å². The number of hydrogen-bond donors (Lipinski definition) is 1. The van der Waals surface area contributed by atoms with Crippen LogP contribution in [0.5, 0.6) is 5.75 Å². The third-order valence-corrected chi connectivity index (χ3v) is 3.89. The van der Waals surface area contributed by atoms with Crippen LogP contribution in [0.3, 0.4) is 0 Å². The van der Waals surface area contributed by atoms with Crippen molar-refractivity contribution in [3.8, 4) is 5.75 Å². The summed E-state index contributed by atoms with van der Waals surface area (Å²) < 4.78 is 31.6. The minimum atomic E-state index is -0.798. The first-order valence-corrected chi connectivity index (χ1v) is 8.29. The van der Waals surface area contributed by atoms with Crippen LogP contribution in [0.2, 0.25) is 5.02 Å². The number of hydrogen-bond acceptors (Lipinski definition) is 3. The van der Waals surface area contributed by atoms with Gasteiger partial charge < -0.3 is 10.1 Å². The van der Waals surface area contributed by atoms with Crippen LogP contribution in [0.4, 0.5) is 14.5 Å². The Morgan fingerprint density at radius 1 is 1.22 bits per heavy atom. The highest BCUT2D eigenvalue weighted by molar-refractivity contribution is 7.99. The smallest absolute Gasteiger partial charge is 0.234 e. The molecule has 0 aliphatic heterocycles. The van der Waals surface area contributed by atoms with Gasteiger partial charge in [0.25, 0.3) is 0 Å². The molecule has 0 unspecified atom stereocenters. The van der Waals surface area contributed by atoms with Crippen molar-refractivity contribution < 1.29 is 18.3 Å². The third-order valence-electron chi connectivity index (χ3n) is 2.73. The first kappa shape index (κ1) is 17.6. The van der Waals surface area contributed by atoms with Crippen LogP contribution in [-0.4, -0.2) is 24.0 Å². The molecule has 122 valence electrons. The fraction of sp³-hybridized carbons (Fsp3) is 0.188. The Morgan fingerprint density at radius 3 is 2.78 bits per heavy atom. The lowest BCUT2D eigenvalue weighted by Gasteiger charge is -2.07. The molecule has 3 nitrogen and oxygen atoms in total. The SMILES string of the molecule is O=C(CSCCOc1cccc(Cl)c1)Nc1ccc(F)cc1F. The number of halogens is 3. The molecule has 0 heterocycles. The van der Waals surface area contributed by atoms with Crippen molar-refractivity contribution in [2.75, 3.05) is 23.4 Å². The molecule has 0 aliphatic rings. The Kier molecular flexibility index (Phi) is 6.67. The fourth-order valence-electron chi connectivity index (χ4n) is 1.72. The summed E-state index contributed by atoms with van der Waals surface area (Å²) in [7, 11) is 0. The van der Waals surface area contributed by atoms with Crippen molar-refractivity contribution in [2.24, 2.45) is 0 Å². The number of carbonyl (C=O) groups excluding carboxylic acids is 1. The van der Waals surface area contributed by atoms with Gasteiger partial charge in [0, 0.05) is 16.8 Å². The Labute approximate surface area is 142 Å². The third kappa shape index (κ3) is 6.08. The normalized spacial score (nSPS) is 10.4. The molecule has 0 fully saturated rings. The first-order chi connectivity index (χ1) is 11.0. The number of ether oxygens (including phenoxy) is 1. The molecule has 0 saturated heterocycles. The molecule has 23 heavy (non-hydrogen) atoms. The van der Waals surface area contributed by atoms with E-state index >= 15 is 0 Å². The molecule has 1 N–H and O–H groups in total. The second-order valence-electron chi connectivity index (χ2n) is 4.53. The van der Waals surface area contributed by atoms with Crippen LogP contribution in [-0.2, 0) is 4.79 Å². The quantitative estimate of drug-likeness (QED) is 0.748. The number of benzene rings is 2. The zero-order valence-electron chi connectivity index (χ0n) is 12.0. The minimum absolute atomic E-state index is 0.0350. The van der Waals surface area contributed by atoms with E-state index in [1.807, 2.05) is 0 Å². The lowest BCUT2D eigenvalue weighted by molar-refractivity contribution is -0.113. The van der Waals surface area contributed by atoms with Gasteiger partial charge in [-0.15, -0.1) is 11.8 Å². The predicted molar refractivity (Wildman–Crippen MR) is 89.3 cm³/mol. The van der Waals surface area contributed by atoms with Crippen LogP contribution >= 0.6 is 23.4 Å². The molecule has 7 heteroatoms. The van der Waals surface area contributed by atoms with Gasteiger partial charge in [-0.3, -0.25) is 4.79 Å². The van der Waals surface area contributed by atoms with Gasteiger partial charge in [0.2, 0.25) is 5.91 Å². The van der Waals surface area contributed by atoms with E-state index in [1.54, 1.807) is 24.3 Å². The molecule has 0 aromatic heterocycles. The van der Waals surface area contributed by atoms with Crippen LogP contribution in [0.1, 0.15) is 0 Å². The monoisotopic (exact) mass is 357 g/mol. The molecule has 0 radical (unpaired) electrons. The molecule has 0 spiro atoms. The maximum atomic E-state index is 13.4. The van der Waals surface area contributed by atoms with Crippen molar-refractivity contribution >= 4 is 35.0 Å². The average Bonchev–Trinajstić information content (AvgIpc) is 2.50. The number of amides is 1. The summed E-state index contributed by atoms with van der Waals surface area (Å²) in [6, 6.07) is 10.0. The van der Waals surface area contributed by atoms with Crippen molar-refractivity contribution in [1.29, 1.82) is 0 Å². The molecule has 2 aromatic carbocycles. The van der Waals surface area contributed by atoms with Crippen LogP contribution < -0.4 is 10.1 Å². The number of thioether (sulfide) groups is 1. The molecule has 0 atom stereocenters. The van der Waals surface area contributed by atoms with Crippen molar-refractivity contribution in [2.45, 2.75) is 0 Å². The average molecular weight is 358 g/mol.